The summed E-state index contributed by atoms with van der Waals surface area (Å²) in [6.07, 6.45) is 0. The third-order valence-electron chi connectivity index (χ3n) is 3.31. The van der Waals surface area contributed by atoms with Crippen LogP contribution in [0.2, 0.25) is 0 Å². The van der Waals surface area contributed by atoms with Crippen LogP contribution in [0.15, 0.2) is 27.4 Å². The molecular formula is C13H14N4O2S3. The van der Waals surface area contributed by atoms with Crippen molar-refractivity contribution in [2.75, 3.05) is 31.9 Å². The van der Waals surface area contributed by atoms with Crippen LogP contribution in [-0.2, 0) is 4.79 Å². The topological polar surface area (TPSA) is 66.4 Å². The monoisotopic (exact) mass is 354 g/mol. The second kappa shape index (κ2) is 7.21. The van der Waals surface area contributed by atoms with E-state index in [0.717, 1.165) is 9.22 Å². The second-order valence-corrected chi connectivity index (χ2v) is 7.65. The molecule has 0 atom stereocenters. The Bertz CT molecular complexity index is 622. The number of thioether (sulfide) groups is 1. The van der Waals surface area contributed by atoms with Crippen molar-refractivity contribution >= 4 is 46.2 Å². The minimum absolute atomic E-state index is 0.0605. The fourth-order valence-corrected chi connectivity index (χ4v) is 4.24. The Morgan fingerprint density at radius 1 is 1.18 bits per heavy atom. The first kappa shape index (κ1) is 15.4. The van der Waals surface area contributed by atoms with Crippen LogP contribution < -0.4 is 0 Å². The molecule has 1 aliphatic rings. The molecule has 22 heavy (non-hydrogen) atoms. The van der Waals surface area contributed by atoms with Gasteiger partial charge in [0.25, 0.3) is 5.91 Å². The molecule has 1 aliphatic heterocycles. The summed E-state index contributed by atoms with van der Waals surface area (Å²) in [7, 11) is 0. The highest BCUT2D eigenvalue weighted by Crippen LogP contribution is 2.20. The number of rotatable bonds is 4. The normalized spacial score (nSPS) is 15.1. The van der Waals surface area contributed by atoms with Crippen LogP contribution in [0, 0.1) is 0 Å². The number of nitrogens with zero attached hydrogens (tertiary/aromatic N) is 4. The highest BCUT2D eigenvalue weighted by molar-refractivity contribution is 8.01. The van der Waals surface area contributed by atoms with Crippen LogP contribution in [0.3, 0.4) is 0 Å². The fourth-order valence-electron chi connectivity index (χ4n) is 2.16. The van der Waals surface area contributed by atoms with E-state index in [9.17, 15) is 9.59 Å². The summed E-state index contributed by atoms with van der Waals surface area (Å²) in [5.74, 6) is 0.516. The van der Waals surface area contributed by atoms with E-state index in [4.69, 9.17) is 0 Å². The van der Waals surface area contributed by atoms with Crippen molar-refractivity contribution in [3.8, 4) is 0 Å². The predicted octanol–water partition coefficient (Wildman–Crippen LogP) is 1.68. The minimum atomic E-state index is 0.0605. The standard InChI is InChI=1S/C13H14N4O2S3/c18-11(8-21-13-15-14-9-22-13)16-3-5-17(6-4-16)12(19)10-2-1-7-20-10/h1-2,7,9H,3-6,8H2. The predicted molar refractivity (Wildman–Crippen MR) is 87.4 cm³/mol. The van der Waals surface area contributed by atoms with Crippen molar-refractivity contribution in [1.29, 1.82) is 0 Å². The second-order valence-electron chi connectivity index (χ2n) is 4.64. The smallest absolute Gasteiger partial charge is 0.264 e. The lowest BCUT2D eigenvalue weighted by atomic mass is 10.3. The maximum absolute atomic E-state index is 12.2. The molecule has 3 rings (SSSR count). The van der Waals surface area contributed by atoms with Gasteiger partial charge in [-0.05, 0) is 11.4 Å². The van der Waals surface area contributed by atoms with Gasteiger partial charge in [0, 0.05) is 26.2 Å². The summed E-state index contributed by atoms with van der Waals surface area (Å²) in [5.41, 5.74) is 1.65. The van der Waals surface area contributed by atoms with Gasteiger partial charge in [-0.3, -0.25) is 9.59 Å². The molecule has 3 heterocycles. The van der Waals surface area contributed by atoms with E-state index in [2.05, 4.69) is 10.2 Å². The lowest BCUT2D eigenvalue weighted by Crippen LogP contribution is -2.50. The molecule has 9 heteroatoms. The van der Waals surface area contributed by atoms with Crippen LogP contribution in [0.25, 0.3) is 0 Å². The highest BCUT2D eigenvalue weighted by Gasteiger charge is 2.25. The first-order chi connectivity index (χ1) is 10.7. The molecule has 0 spiro atoms. The molecule has 116 valence electrons. The van der Waals surface area contributed by atoms with E-state index in [1.54, 1.807) is 5.51 Å². The zero-order chi connectivity index (χ0) is 15.4. The van der Waals surface area contributed by atoms with Gasteiger partial charge in [0.1, 0.15) is 5.51 Å². The summed E-state index contributed by atoms with van der Waals surface area (Å²) in [4.78, 5) is 28.8. The summed E-state index contributed by atoms with van der Waals surface area (Å²) in [5, 5.41) is 9.55. The molecule has 1 fully saturated rings. The van der Waals surface area contributed by atoms with Gasteiger partial charge in [-0.1, -0.05) is 29.2 Å². The van der Waals surface area contributed by atoms with Crippen LogP contribution in [0.4, 0.5) is 0 Å². The van der Waals surface area contributed by atoms with Gasteiger partial charge in [0.05, 0.1) is 10.6 Å². The Morgan fingerprint density at radius 3 is 2.59 bits per heavy atom. The van der Waals surface area contributed by atoms with E-state index in [1.165, 1.54) is 34.4 Å². The number of hydrogen-bond acceptors (Lipinski definition) is 7. The van der Waals surface area contributed by atoms with Crippen molar-refractivity contribution in [2.24, 2.45) is 0 Å². The molecule has 0 aliphatic carbocycles. The number of amides is 2. The van der Waals surface area contributed by atoms with E-state index in [0.29, 0.717) is 31.9 Å². The van der Waals surface area contributed by atoms with Crippen molar-refractivity contribution in [2.45, 2.75) is 4.34 Å². The summed E-state index contributed by atoms with van der Waals surface area (Å²) < 4.78 is 0.805. The summed E-state index contributed by atoms with van der Waals surface area (Å²) >= 11 is 4.29. The Hall–Kier alpha value is -1.45. The zero-order valence-corrected chi connectivity index (χ0v) is 14.1. The number of hydrogen-bond donors (Lipinski definition) is 0. The lowest BCUT2D eigenvalue weighted by Gasteiger charge is -2.34. The molecule has 0 unspecified atom stereocenters. The first-order valence-electron chi connectivity index (χ1n) is 6.73. The van der Waals surface area contributed by atoms with Crippen molar-refractivity contribution in [1.82, 2.24) is 20.0 Å². The average molecular weight is 354 g/mol. The largest absolute Gasteiger partial charge is 0.338 e. The van der Waals surface area contributed by atoms with Gasteiger partial charge in [0.2, 0.25) is 5.91 Å². The molecule has 0 saturated carbocycles. The summed E-state index contributed by atoms with van der Waals surface area (Å²) in [6.45, 7) is 2.36. The van der Waals surface area contributed by atoms with Crippen LogP contribution in [-0.4, -0.2) is 63.7 Å². The number of carbonyl (C=O) groups is 2. The zero-order valence-electron chi connectivity index (χ0n) is 11.7. The van der Waals surface area contributed by atoms with E-state index >= 15 is 0 Å². The first-order valence-corrected chi connectivity index (χ1v) is 9.48. The van der Waals surface area contributed by atoms with E-state index < -0.39 is 0 Å². The maximum Gasteiger partial charge on any atom is 0.264 e. The molecular weight excluding hydrogens is 340 g/mol. The van der Waals surface area contributed by atoms with E-state index in [1.807, 2.05) is 27.3 Å². The van der Waals surface area contributed by atoms with Crippen molar-refractivity contribution in [3.63, 3.8) is 0 Å². The molecule has 0 bridgehead atoms. The van der Waals surface area contributed by atoms with E-state index in [-0.39, 0.29) is 11.8 Å². The summed E-state index contributed by atoms with van der Waals surface area (Å²) in [6, 6.07) is 3.71. The van der Waals surface area contributed by atoms with Crippen LogP contribution in [0.1, 0.15) is 9.67 Å². The average Bonchev–Trinajstić information content (AvgIpc) is 3.25. The SMILES string of the molecule is O=C(CSc1nncs1)N1CCN(C(=O)c2cccs2)CC1. The molecule has 6 nitrogen and oxygen atoms in total. The molecule has 2 aromatic rings. The van der Waals surface area contributed by atoms with Crippen molar-refractivity contribution in [3.05, 3.63) is 27.9 Å². The highest BCUT2D eigenvalue weighted by atomic mass is 32.2. The molecule has 2 amide bonds. The molecule has 0 aromatic carbocycles. The van der Waals surface area contributed by atoms with Gasteiger partial charge in [0.15, 0.2) is 4.34 Å². The molecule has 1 saturated heterocycles. The third-order valence-corrected chi connectivity index (χ3v) is 6.01. The molecule has 2 aromatic heterocycles. The van der Waals surface area contributed by atoms with Gasteiger partial charge in [-0.25, -0.2) is 0 Å². The quantitative estimate of drug-likeness (QED) is 0.782. The number of piperazine rings is 1. The van der Waals surface area contributed by atoms with Crippen LogP contribution >= 0.6 is 34.4 Å². The molecule has 0 radical (unpaired) electrons. The van der Waals surface area contributed by atoms with Gasteiger partial charge in [-0.15, -0.1) is 21.5 Å². The number of aromatic nitrogens is 2. The minimum Gasteiger partial charge on any atom is -0.338 e. The van der Waals surface area contributed by atoms with Gasteiger partial charge < -0.3 is 9.80 Å². The Balaban J connectivity index is 1.47. The maximum atomic E-state index is 12.2. The van der Waals surface area contributed by atoms with Crippen LogP contribution in [0.5, 0.6) is 0 Å². The van der Waals surface area contributed by atoms with Gasteiger partial charge >= 0.3 is 0 Å². The Labute approximate surface area is 140 Å². The molecule has 0 N–H and O–H groups in total. The Kier molecular flexibility index (Phi) is 5.06. The third kappa shape index (κ3) is 3.65. The number of thiophene rings is 1. The Morgan fingerprint density at radius 2 is 1.95 bits per heavy atom. The van der Waals surface area contributed by atoms with Gasteiger partial charge in [-0.2, -0.15) is 0 Å². The lowest BCUT2D eigenvalue weighted by molar-refractivity contribution is -0.129. The van der Waals surface area contributed by atoms with Crippen molar-refractivity contribution < 1.29 is 9.59 Å². The fraction of sp³-hybridized carbons (Fsp3) is 0.385. The number of carbonyl (C=O) groups excluding carboxylic acids is 2.